The van der Waals surface area contributed by atoms with Gasteiger partial charge in [0.2, 0.25) is 0 Å². The van der Waals surface area contributed by atoms with Crippen LogP contribution in [-0.2, 0) is 9.53 Å². The number of aliphatic hydroxyl groups is 1. The van der Waals surface area contributed by atoms with Gasteiger partial charge in [0, 0.05) is 20.1 Å². The summed E-state index contributed by atoms with van der Waals surface area (Å²) < 4.78 is 4.81. The molecule has 0 spiro atoms. The Kier molecular flexibility index (Phi) is 3.21. The van der Waals surface area contributed by atoms with Crippen molar-refractivity contribution in [3.63, 3.8) is 0 Å². The number of β-amino-alcohol motifs (C(OH)–C–C–N with tert-alkyl or cyclic N) is 1. The zero-order valence-electron chi connectivity index (χ0n) is 7.41. The minimum Gasteiger partial charge on any atom is -0.386 e. The molecule has 13 heavy (non-hydrogen) atoms. The third kappa shape index (κ3) is 2.38. The largest absolute Gasteiger partial charge is 0.386 e. The minimum absolute atomic E-state index is 0.176. The number of hydroxylamine groups is 1. The summed E-state index contributed by atoms with van der Waals surface area (Å²) in [7, 11) is 1.48. The predicted octanol–water partition coefficient (Wildman–Crippen LogP) is -1.77. The maximum absolute atomic E-state index is 10.9. The quantitative estimate of drug-likeness (QED) is 0.312. The van der Waals surface area contributed by atoms with Crippen molar-refractivity contribution in [3.05, 3.63) is 0 Å². The smallest absolute Gasteiger partial charge is 0.260 e. The predicted molar refractivity (Wildman–Crippen MR) is 43.2 cm³/mol. The van der Waals surface area contributed by atoms with E-state index in [1.54, 1.807) is 0 Å². The first-order valence-electron chi connectivity index (χ1n) is 4.00. The molecule has 1 saturated heterocycles. The van der Waals surface area contributed by atoms with Crippen molar-refractivity contribution < 1.29 is 19.8 Å². The number of ether oxygens (including phenoxy) is 1. The molecule has 0 aliphatic carbocycles. The van der Waals surface area contributed by atoms with Crippen molar-refractivity contribution in [2.24, 2.45) is 0 Å². The highest BCUT2D eigenvalue weighted by Gasteiger charge is 2.40. The van der Waals surface area contributed by atoms with Gasteiger partial charge in [0.15, 0.2) is 0 Å². The van der Waals surface area contributed by atoms with Crippen LogP contribution in [0.1, 0.15) is 6.42 Å². The van der Waals surface area contributed by atoms with Gasteiger partial charge in [0.25, 0.3) is 5.91 Å². The maximum Gasteiger partial charge on any atom is 0.260 e. The first-order chi connectivity index (χ1) is 6.11. The van der Waals surface area contributed by atoms with Crippen LogP contribution < -0.4 is 10.8 Å². The number of hydrogen-bond donors (Lipinski definition) is 4. The Morgan fingerprint density at radius 1 is 1.85 bits per heavy atom. The fraction of sp³-hybridized carbons (Fsp3) is 0.857. The van der Waals surface area contributed by atoms with E-state index in [9.17, 15) is 9.90 Å². The average Bonchev–Trinajstić information content (AvgIpc) is 2.47. The Balaban J connectivity index is 2.47. The van der Waals surface area contributed by atoms with Gasteiger partial charge >= 0.3 is 0 Å². The van der Waals surface area contributed by atoms with Crippen molar-refractivity contribution in [1.82, 2.24) is 10.8 Å². The molecule has 0 aromatic rings. The molecule has 76 valence electrons. The Bertz CT molecular complexity index is 199. The molecule has 1 heterocycles. The lowest BCUT2D eigenvalue weighted by Gasteiger charge is -2.19. The summed E-state index contributed by atoms with van der Waals surface area (Å²) in [5.41, 5.74) is 0.525. The van der Waals surface area contributed by atoms with E-state index in [1.807, 2.05) is 0 Å². The molecule has 0 saturated carbocycles. The van der Waals surface area contributed by atoms with E-state index in [1.165, 1.54) is 12.6 Å². The van der Waals surface area contributed by atoms with Gasteiger partial charge in [-0.3, -0.25) is 10.0 Å². The molecule has 1 aliphatic rings. The van der Waals surface area contributed by atoms with E-state index in [0.717, 1.165) is 0 Å². The second-order valence-corrected chi connectivity index (χ2v) is 3.27. The molecule has 6 nitrogen and oxygen atoms in total. The normalized spacial score (nSPS) is 33.3. The van der Waals surface area contributed by atoms with E-state index >= 15 is 0 Å². The molecule has 0 bridgehead atoms. The maximum atomic E-state index is 10.9. The van der Waals surface area contributed by atoms with Gasteiger partial charge in [-0.25, -0.2) is 5.48 Å². The topological polar surface area (TPSA) is 90.8 Å². The van der Waals surface area contributed by atoms with Gasteiger partial charge in [0.1, 0.15) is 5.60 Å². The zero-order valence-corrected chi connectivity index (χ0v) is 7.41. The number of amides is 1. The highest BCUT2D eigenvalue weighted by Crippen LogP contribution is 2.19. The lowest BCUT2D eigenvalue weighted by Crippen LogP contribution is -2.38. The Morgan fingerprint density at radius 3 is 3.08 bits per heavy atom. The summed E-state index contributed by atoms with van der Waals surface area (Å²) in [6.07, 6.45) is 0.243. The van der Waals surface area contributed by atoms with Crippen molar-refractivity contribution in [1.29, 1.82) is 0 Å². The van der Waals surface area contributed by atoms with Gasteiger partial charge in [-0.05, 0) is 0 Å². The fourth-order valence-corrected chi connectivity index (χ4v) is 1.48. The van der Waals surface area contributed by atoms with E-state index in [0.29, 0.717) is 6.54 Å². The summed E-state index contributed by atoms with van der Waals surface area (Å²) in [4.78, 5) is 10.9. The van der Waals surface area contributed by atoms with Gasteiger partial charge < -0.3 is 15.2 Å². The van der Waals surface area contributed by atoms with Crippen LogP contribution >= 0.6 is 0 Å². The molecule has 1 aliphatic heterocycles. The molecule has 2 atom stereocenters. The lowest BCUT2D eigenvalue weighted by molar-refractivity contribution is -0.131. The first-order valence-corrected chi connectivity index (χ1v) is 4.00. The number of carbonyl (C=O) groups excluding carboxylic acids is 1. The molecule has 4 N–H and O–H groups in total. The summed E-state index contributed by atoms with van der Waals surface area (Å²) in [5.74, 6) is -0.535. The minimum atomic E-state index is -1.01. The van der Waals surface area contributed by atoms with Crippen LogP contribution in [0.25, 0.3) is 0 Å². The molecular weight excluding hydrogens is 176 g/mol. The molecule has 0 unspecified atom stereocenters. The number of rotatable bonds is 3. The van der Waals surface area contributed by atoms with Crippen molar-refractivity contribution >= 4 is 5.91 Å². The van der Waals surface area contributed by atoms with Gasteiger partial charge in [-0.15, -0.1) is 0 Å². The van der Waals surface area contributed by atoms with Crippen LogP contribution in [0.3, 0.4) is 0 Å². The van der Waals surface area contributed by atoms with E-state index in [4.69, 9.17) is 9.94 Å². The third-order valence-corrected chi connectivity index (χ3v) is 2.10. The number of methoxy groups -OCH3 is 1. The molecule has 1 rings (SSSR count). The molecule has 0 radical (unpaired) electrons. The third-order valence-electron chi connectivity index (χ3n) is 2.10. The molecule has 6 heteroatoms. The standard InChI is InChI=1S/C7H14N2O4/c1-13-4-7(11)2-5(8-3-7)6(10)9-12/h5,8,11-12H,2-4H2,1H3,(H,9,10)/t5-,7+/m0/s1. The average molecular weight is 190 g/mol. The van der Waals surface area contributed by atoms with Crippen molar-refractivity contribution in [2.45, 2.75) is 18.1 Å². The summed E-state index contributed by atoms with van der Waals surface area (Å²) >= 11 is 0. The monoisotopic (exact) mass is 190 g/mol. The highest BCUT2D eigenvalue weighted by molar-refractivity contribution is 5.81. The first kappa shape index (κ1) is 10.4. The highest BCUT2D eigenvalue weighted by atomic mass is 16.5. The Labute approximate surface area is 75.8 Å². The zero-order chi connectivity index (χ0) is 9.90. The summed E-state index contributed by atoms with van der Waals surface area (Å²) in [5, 5.41) is 20.9. The van der Waals surface area contributed by atoms with Gasteiger partial charge in [-0.2, -0.15) is 0 Å². The molecule has 1 amide bonds. The molecule has 1 fully saturated rings. The number of nitrogens with one attached hydrogen (secondary N) is 2. The van der Waals surface area contributed by atoms with Crippen LogP contribution in [-0.4, -0.2) is 48.1 Å². The van der Waals surface area contributed by atoms with Crippen LogP contribution in [0.2, 0.25) is 0 Å². The van der Waals surface area contributed by atoms with Crippen LogP contribution in [0.15, 0.2) is 0 Å². The number of carbonyl (C=O) groups is 1. The second kappa shape index (κ2) is 4.01. The fourth-order valence-electron chi connectivity index (χ4n) is 1.48. The van der Waals surface area contributed by atoms with Gasteiger partial charge in [0.05, 0.1) is 12.6 Å². The van der Waals surface area contributed by atoms with Crippen LogP contribution in [0.5, 0.6) is 0 Å². The lowest BCUT2D eigenvalue weighted by atomic mass is 10.0. The molecular formula is C7H14N2O4. The Hall–Kier alpha value is -0.690. The van der Waals surface area contributed by atoms with E-state index in [2.05, 4.69) is 5.32 Å². The second-order valence-electron chi connectivity index (χ2n) is 3.27. The van der Waals surface area contributed by atoms with E-state index in [-0.39, 0.29) is 13.0 Å². The number of hydrogen-bond acceptors (Lipinski definition) is 5. The summed E-state index contributed by atoms with van der Waals surface area (Å²) in [6, 6.07) is -0.551. The SMILES string of the molecule is COC[C@]1(O)CN[C@H](C(=O)NO)C1. The van der Waals surface area contributed by atoms with Crippen molar-refractivity contribution in [2.75, 3.05) is 20.3 Å². The van der Waals surface area contributed by atoms with E-state index < -0.39 is 17.6 Å². The van der Waals surface area contributed by atoms with Crippen molar-refractivity contribution in [3.8, 4) is 0 Å². The van der Waals surface area contributed by atoms with Crippen LogP contribution in [0, 0.1) is 0 Å². The Morgan fingerprint density at radius 2 is 2.54 bits per heavy atom. The molecule has 0 aromatic heterocycles. The van der Waals surface area contributed by atoms with Gasteiger partial charge in [-0.1, -0.05) is 0 Å². The van der Waals surface area contributed by atoms with Crippen LogP contribution in [0.4, 0.5) is 0 Å². The molecule has 0 aromatic carbocycles. The summed E-state index contributed by atoms with van der Waals surface area (Å²) in [6.45, 7) is 0.466.